The Balaban J connectivity index is 1.89. The lowest BCUT2D eigenvalue weighted by Crippen LogP contribution is -2.40. The van der Waals surface area contributed by atoms with Gasteiger partial charge in [-0.25, -0.2) is 0 Å². The monoisotopic (exact) mass is 531 g/mol. The number of benzene rings is 3. The first-order chi connectivity index (χ1) is 17.2. The second-order valence-corrected chi connectivity index (χ2v) is 8.40. The number of halogens is 7. The fourth-order valence-corrected chi connectivity index (χ4v) is 3.36. The zero-order chi connectivity index (χ0) is 27.4. The van der Waals surface area contributed by atoms with Crippen LogP contribution in [0.15, 0.2) is 66.7 Å². The SMILES string of the molecule is Cc1ccc(Oc2cccc(N(Cc3cccc(OC(F)(F)C(F)F)c3)CC(O)C(F)(F)F)c2)cc1C. The first kappa shape index (κ1) is 28.1. The van der Waals surface area contributed by atoms with Gasteiger partial charge in [0, 0.05) is 18.3 Å². The van der Waals surface area contributed by atoms with Crippen LogP contribution in [0.4, 0.5) is 36.4 Å². The summed E-state index contributed by atoms with van der Waals surface area (Å²) in [6.45, 7) is 2.64. The van der Waals surface area contributed by atoms with Crippen molar-refractivity contribution in [1.29, 1.82) is 0 Å². The summed E-state index contributed by atoms with van der Waals surface area (Å²) in [7, 11) is 0. The van der Waals surface area contributed by atoms with Crippen LogP contribution in [0.2, 0.25) is 0 Å². The van der Waals surface area contributed by atoms with Crippen LogP contribution in [-0.4, -0.2) is 36.5 Å². The van der Waals surface area contributed by atoms with Gasteiger partial charge in [-0.3, -0.25) is 0 Å². The first-order valence-corrected chi connectivity index (χ1v) is 11.0. The van der Waals surface area contributed by atoms with Crippen LogP contribution < -0.4 is 14.4 Å². The molecular weight excluding hydrogens is 507 g/mol. The number of rotatable bonds is 10. The van der Waals surface area contributed by atoms with E-state index in [4.69, 9.17) is 4.74 Å². The summed E-state index contributed by atoms with van der Waals surface area (Å²) in [4.78, 5) is 1.16. The van der Waals surface area contributed by atoms with E-state index >= 15 is 0 Å². The second-order valence-electron chi connectivity index (χ2n) is 8.40. The van der Waals surface area contributed by atoms with Crippen LogP contribution in [0.1, 0.15) is 16.7 Å². The highest BCUT2D eigenvalue weighted by molar-refractivity contribution is 5.52. The molecule has 3 aromatic carbocycles. The molecule has 0 aliphatic carbocycles. The Bertz CT molecular complexity index is 1200. The zero-order valence-corrected chi connectivity index (χ0v) is 19.8. The molecule has 0 aliphatic heterocycles. The molecule has 0 radical (unpaired) electrons. The molecule has 1 atom stereocenters. The molecule has 0 saturated heterocycles. The zero-order valence-electron chi connectivity index (χ0n) is 19.8. The molecule has 0 heterocycles. The largest absolute Gasteiger partial charge is 0.461 e. The van der Waals surface area contributed by atoms with Gasteiger partial charge in [0.1, 0.15) is 17.2 Å². The number of ether oxygens (including phenoxy) is 2. The predicted octanol–water partition coefficient (Wildman–Crippen LogP) is 7.26. The molecule has 1 unspecified atom stereocenters. The highest BCUT2D eigenvalue weighted by Gasteiger charge is 2.44. The van der Waals surface area contributed by atoms with E-state index < -0.39 is 37.1 Å². The molecule has 3 aromatic rings. The topological polar surface area (TPSA) is 41.9 Å². The number of hydrogen-bond acceptors (Lipinski definition) is 4. The third kappa shape index (κ3) is 7.75. The third-order valence-corrected chi connectivity index (χ3v) is 5.45. The van der Waals surface area contributed by atoms with Gasteiger partial charge in [0.2, 0.25) is 0 Å². The predicted molar refractivity (Wildman–Crippen MR) is 124 cm³/mol. The Morgan fingerprint density at radius 3 is 2.11 bits per heavy atom. The first-order valence-electron chi connectivity index (χ1n) is 11.0. The van der Waals surface area contributed by atoms with Crippen molar-refractivity contribution in [3.05, 3.63) is 83.4 Å². The van der Waals surface area contributed by atoms with Crippen LogP contribution in [0.5, 0.6) is 17.2 Å². The molecule has 1 N–H and O–H groups in total. The van der Waals surface area contributed by atoms with Gasteiger partial charge >= 0.3 is 18.7 Å². The second kappa shape index (κ2) is 11.3. The summed E-state index contributed by atoms with van der Waals surface area (Å²) in [6.07, 6.45) is -16.5. The quantitative estimate of drug-likeness (QED) is 0.280. The van der Waals surface area contributed by atoms with Crippen molar-refractivity contribution in [2.75, 3.05) is 11.4 Å². The smallest absolute Gasteiger partial charge is 0.457 e. The fraction of sp³-hybridized carbons (Fsp3) is 0.308. The lowest BCUT2D eigenvalue weighted by atomic mass is 10.1. The van der Waals surface area contributed by atoms with Crippen molar-refractivity contribution in [2.24, 2.45) is 0 Å². The number of hydrogen-bond donors (Lipinski definition) is 1. The van der Waals surface area contributed by atoms with Gasteiger partial charge < -0.3 is 19.5 Å². The molecule has 0 spiro atoms. The van der Waals surface area contributed by atoms with Crippen molar-refractivity contribution in [3.8, 4) is 17.2 Å². The van der Waals surface area contributed by atoms with E-state index in [0.717, 1.165) is 28.2 Å². The number of aliphatic hydroxyl groups excluding tert-OH is 1. The van der Waals surface area contributed by atoms with Gasteiger partial charge in [0.05, 0.1) is 6.54 Å². The maximum absolute atomic E-state index is 13.3. The van der Waals surface area contributed by atoms with E-state index in [9.17, 15) is 35.8 Å². The highest BCUT2D eigenvalue weighted by atomic mass is 19.4. The van der Waals surface area contributed by atoms with Crippen LogP contribution in [0.3, 0.4) is 0 Å². The van der Waals surface area contributed by atoms with Crippen molar-refractivity contribution in [2.45, 2.75) is 45.2 Å². The van der Waals surface area contributed by atoms with Gasteiger partial charge in [-0.1, -0.05) is 24.3 Å². The lowest BCUT2D eigenvalue weighted by Gasteiger charge is -2.29. The van der Waals surface area contributed by atoms with Gasteiger partial charge in [0.15, 0.2) is 6.10 Å². The average molecular weight is 531 g/mol. The van der Waals surface area contributed by atoms with Gasteiger partial charge in [-0.2, -0.15) is 30.7 Å². The summed E-state index contributed by atoms with van der Waals surface area (Å²) < 4.78 is 101. The Labute approximate surface area is 208 Å². The van der Waals surface area contributed by atoms with E-state index in [1.165, 1.54) is 24.3 Å². The molecule has 0 bridgehead atoms. The van der Waals surface area contributed by atoms with Gasteiger partial charge in [-0.15, -0.1) is 0 Å². The number of aryl methyl sites for hydroxylation is 2. The van der Waals surface area contributed by atoms with E-state index in [1.54, 1.807) is 24.3 Å². The number of anilines is 1. The summed E-state index contributed by atoms with van der Waals surface area (Å²) in [6, 6.07) is 16.2. The van der Waals surface area contributed by atoms with Crippen molar-refractivity contribution in [3.63, 3.8) is 0 Å². The highest BCUT2D eigenvalue weighted by Crippen LogP contribution is 2.31. The van der Waals surface area contributed by atoms with Crippen LogP contribution in [0.25, 0.3) is 0 Å². The standard InChI is InChI=1S/C26H24F7NO3/c1-16-9-10-21(11-17(16)2)36-20-7-4-6-19(13-20)34(15-23(35)25(29,30)31)14-18-5-3-8-22(12-18)37-26(32,33)24(27)28/h3-13,23-24,35H,14-15H2,1-2H3. The number of nitrogens with zero attached hydrogens (tertiary/aromatic N) is 1. The van der Waals surface area contributed by atoms with Crippen LogP contribution in [-0.2, 0) is 6.54 Å². The van der Waals surface area contributed by atoms with E-state index in [1.807, 2.05) is 19.9 Å². The molecule has 0 aromatic heterocycles. The Morgan fingerprint density at radius 1 is 0.811 bits per heavy atom. The normalized spacial score (nSPS) is 12.9. The Morgan fingerprint density at radius 2 is 1.46 bits per heavy atom. The minimum atomic E-state index is -4.92. The maximum Gasteiger partial charge on any atom is 0.461 e. The number of alkyl halides is 7. The van der Waals surface area contributed by atoms with Crippen molar-refractivity contribution < 1.29 is 45.3 Å². The molecule has 3 rings (SSSR count). The van der Waals surface area contributed by atoms with Crippen LogP contribution >= 0.6 is 0 Å². The molecule has 0 saturated carbocycles. The summed E-state index contributed by atoms with van der Waals surface area (Å²) in [5.74, 6) is 0.221. The van der Waals surface area contributed by atoms with Crippen molar-refractivity contribution >= 4 is 5.69 Å². The molecule has 200 valence electrons. The van der Waals surface area contributed by atoms with Crippen molar-refractivity contribution in [1.82, 2.24) is 0 Å². The third-order valence-electron chi connectivity index (χ3n) is 5.45. The van der Waals surface area contributed by atoms with Crippen LogP contribution in [0, 0.1) is 13.8 Å². The fourth-order valence-electron chi connectivity index (χ4n) is 3.36. The summed E-state index contributed by atoms with van der Waals surface area (Å²) in [5, 5.41) is 9.72. The maximum atomic E-state index is 13.3. The Hall–Kier alpha value is -3.47. The van der Waals surface area contributed by atoms with E-state index in [2.05, 4.69) is 4.74 Å². The summed E-state index contributed by atoms with van der Waals surface area (Å²) in [5.41, 5.74) is 2.43. The minimum absolute atomic E-state index is 0.178. The van der Waals surface area contributed by atoms with Gasteiger partial charge in [0.25, 0.3) is 0 Å². The molecule has 11 heteroatoms. The van der Waals surface area contributed by atoms with E-state index in [0.29, 0.717) is 11.5 Å². The Kier molecular flexibility index (Phi) is 8.57. The number of aliphatic hydroxyl groups is 1. The molecule has 0 fully saturated rings. The molecule has 4 nitrogen and oxygen atoms in total. The van der Waals surface area contributed by atoms with E-state index in [-0.39, 0.29) is 17.8 Å². The molecule has 0 amide bonds. The molecule has 37 heavy (non-hydrogen) atoms. The average Bonchev–Trinajstić information content (AvgIpc) is 2.80. The minimum Gasteiger partial charge on any atom is -0.457 e. The molecule has 0 aliphatic rings. The lowest BCUT2D eigenvalue weighted by molar-refractivity contribution is -0.253. The molecular formula is C26H24F7NO3. The summed E-state index contributed by atoms with van der Waals surface area (Å²) >= 11 is 0. The van der Waals surface area contributed by atoms with Gasteiger partial charge in [-0.05, 0) is 66.9 Å².